The van der Waals surface area contributed by atoms with Crippen molar-refractivity contribution in [2.45, 2.75) is 19.8 Å². The number of allylic oxidation sites excluding steroid dienone is 2. The number of carboxylic acid groups (broad SMARTS) is 1. The van der Waals surface area contributed by atoms with Crippen LogP contribution in [0.15, 0.2) is 34.8 Å². The largest absolute Gasteiger partial charge is 0.481 e. The molecule has 1 aromatic rings. The molecule has 0 unspecified atom stereocenters. The molecule has 1 aromatic carbocycles. The van der Waals surface area contributed by atoms with E-state index in [1.54, 1.807) is 0 Å². The van der Waals surface area contributed by atoms with Gasteiger partial charge >= 0.3 is 5.97 Å². The van der Waals surface area contributed by atoms with Crippen LogP contribution in [0.1, 0.15) is 18.9 Å². The first-order valence-electron chi connectivity index (χ1n) is 8.51. The molecule has 0 spiro atoms. The normalized spacial score (nSPS) is 35.4. The number of aryl methyl sites for hydroxylation is 1. The lowest BCUT2D eigenvalue weighted by molar-refractivity contribution is -0.152. The van der Waals surface area contributed by atoms with Gasteiger partial charge in [-0.15, -0.1) is 0 Å². The third kappa shape index (κ3) is 2.41. The number of anilines is 1. The molecule has 0 aliphatic heterocycles. The summed E-state index contributed by atoms with van der Waals surface area (Å²) in [6, 6.07) is 5.77. The van der Waals surface area contributed by atoms with E-state index >= 15 is 0 Å². The Morgan fingerprint density at radius 1 is 1.21 bits per heavy atom. The smallest absolute Gasteiger partial charge is 0.307 e. The molecule has 0 heterocycles. The monoisotopic (exact) mass is 389 g/mol. The lowest BCUT2D eigenvalue weighted by atomic mass is 9.62. The van der Waals surface area contributed by atoms with E-state index in [1.165, 1.54) is 0 Å². The van der Waals surface area contributed by atoms with Gasteiger partial charge in [0.25, 0.3) is 0 Å². The van der Waals surface area contributed by atoms with Crippen molar-refractivity contribution in [2.24, 2.45) is 35.5 Å². The fraction of sp³-hybridized carbons (Fsp3) is 0.474. The summed E-state index contributed by atoms with van der Waals surface area (Å²) in [5.41, 5.74) is 1.83. The van der Waals surface area contributed by atoms with Gasteiger partial charge in [-0.3, -0.25) is 9.59 Å². The molecule has 5 heteroatoms. The van der Waals surface area contributed by atoms with Crippen molar-refractivity contribution in [2.75, 3.05) is 5.32 Å². The maximum atomic E-state index is 13.0. The molecular weight excluding hydrogens is 370 g/mol. The Kier molecular flexibility index (Phi) is 3.79. The number of carboxylic acids is 1. The highest BCUT2D eigenvalue weighted by molar-refractivity contribution is 9.10. The number of benzene rings is 1. The Hall–Kier alpha value is -1.62. The van der Waals surface area contributed by atoms with E-state index in [0.717, 1.165) is 28.6 Å². The van der Waals surface area contributed by atoms with Crippen LogP contribution in [-0.2, 0) is 16.0 Å². The van der Waals surface area contributed by atoms with Crippen LogP contribution in [0.2, 0.25) is 0 Å². The number of amides is 1. The van der Waals surface area contributed by atoms with Crippen LogP contribution in [0.3, 0.4) is 0 Å². The maximum Gasteiger partial charge on any atom is 0.307 e. The molecule has 0 saturated heterocycles. The second kappa shape index (κ2) is 5.73. The zero-order valence-corrected chi connectivity index (χ0v) is 15.0. The summed E-state index contributed by atoms with van der Waals surface area (Å²) in [5.74, 6) is -0.981. The Balaban J connectivity index is 1.62. The summed E-state index contributed by atoms with van der Waals surface area (Å²) in [6.45, 7) is 2.04. The lowest BCUT2D eigenvalue weighted by Gasteiger charge is -2.41. The molecule has 24 heavy (non-hydrogen) atoms. The number of nitrogens with one attached hydrogen (secondary N) is 1. The van der Waals surface area contributed by atoms with Crippen molar-refractivity contribution in [3.05, 3.63) is 40.4 Å². The molecule has 2 saturated carbocycles. The SMILES string of the molecule is CCc1cc(Br)ccc1NC(=O)[C@@H]1[C@H]2C=C[C@@H]([C@@H]3C[C@H]23)[C@@H]1C(=O)O. The topological polar surface area (TPSA) is 66.4 Å². The molecule has 1 amide bonds. The van der Waals surface area contributed by atoms with Gasteiger partial charge in [-0.05, 0) is 60.3 Å². The fourth-order valence-corrected chi connectivity index (χ4v) is 5.17. The third-order valence-electron chi connectivity index (χ3n) is 5.95. The van der Waals surface area contributed by atoms with Crippen molar-refractivity contribution >= 4 is 33.5 Å². The van der Waals surface area contributed by atoms with E-state index in [-0.39, 0.29) is 17.7 Å². The van der Waals surface area contributed by atoms with Crippen LogP contribution < -0.4 is 5.32 Å². The Bertz CT molecular complexity index is 744. The van der Waals surface area contributed by atoms with Gasteiger partial charge in [0.15, 0.2) is 0 Å². The highest BCUT2D eigenvalue weighted by Gasteiger charge is 2.62. The summed E-state index contributed by atoms with van der Waals surface area (Å²) >= 11 is 3.45. The zero-order valence-electron chi connectivity index (χ0n) is 13.4. The summed E-state index contributed by atoms with van der Waals surface area (Å²) in [6.07, 6.45) is 6.00. The number of rotatable bonds is 4. The minimum Gasteiger partial charge on any atom is -0.481 e. The van der Waals surface area contributed by atoms with Gasteiger partial charge in [0.05, 0.1) is 11.8 Å². The number of carbonyl (C=O) groups excluding carboxylic acids is 1. The first-order valence-corrected chi connectivity index (χ1v) is 9.31. The summed E-state index contributed by atoms with van der Waals surface area (Å²) in [4.78, 5) is 24.8. The zero-order chi connectivity index (χ0) is 17.0. The minimum atomic E-state index is -0.841. The summed E-state index contributed by atoms with van der Waals surface area (Å²) < 4.78 is 0.973. The van der Waals surface area contributed by atoms with Crippen LogP contribution in [0.25, 0.3) is 0 Å². The first kappa shape index (κ1) is 15.9. The van der Waals surface area contributed by atoms with Crippen LogP contribution in [-0.4, -0.2) is 17.0 Å². The van der Waals surface area contributed by atoms with Gasteiger partial charge in [0.1, 0.15) is 0 Å². The predicted molar refractivity (Wildman–Crippen MR) is 94.5 cm³/mol. The Morgan fingerprint density at radius 2 is 1.88 bits per heavy atom. The van der Waals surface area contributed by atoms with Gasteiger partial charge in [-0.1, -0.05) is 35.0 Å². The van der Waals surface area contributed by atoms with Crippen LogP contribution in [0.5, 0.6) is 0 Å². The number of fused-ring (bicyclic) bond motifs is 1. The van der Waals surface area contributed by atoms with Crippen LogP contribution in [0.4, 0.5) is 5.69 Å². The summed E-state index contributed by atoms with van der Waals surface area (Å²) in [7, 11) is 0. The second-order valence-corrected chi connectivity index (χ2v) is 8.05. The number of hydrogen-bond acceptors (Lipinski definition) is 2. The van der Waals surface area contributed by atoms with Crippen LogP contribution in [0, 0.1) is 35.5 Å². The first-order chi connectivity index (χ1) is 11.5. The number of carbonyl (C=O) groups is 2. The molecule has 4 aliphatic rings. The molecule has 4 nitrogen and oxygen atoms in total. The van der Waals surface area contributed by atoms with E-state index in [0.29, 0.717) is 11.8 Å². The van der Waals surface area contributed by atoms with Gasteiger partial charge in [-0.2, -0.15) is 0 Å². The number of halogens is 1. The molecule has 2 N–H and O–H groups in total. The molecule has 2 bridgehead atoms. The molecule has 2 fully saturated rings. The summed E-state index contributed by atoms with van der Waals surface area (Å²) in [5, 5.41) is 12.7. The molecular formula is C19H20BrNO3. The second-order valence-electron chi connectivity index (χ2n) is 7.14. The maximum absolute atomic E-state index is 13.0. The van der Waals surface area contributed by atoms with E-state index in [1.807, 2.05) is 31.2 Å². The van der Waals surface area contributed by atoms with Crippen molar-refractivity contribution < 1.29 is 14.7 Å². The minimum absolute atomic E-state index is 0.0174. The molecule has 4 aliphatic carbocycles. The van der Waals surface area contributed by atoms with Crippen molar-refractivity contribution in [1.82, 2.24) is 0 Å². The Labute approximate surface area is 149 Å². The van der Waals surface area contributed by atoms with Crippen molar-refractivity contribution in [1.29, 1.82) is 0 Å². The van der Waals surface area contributed by atoms with Crippen molar-refractivity contribution in [3.8, 4) is 0 Å². The van der Waals surface area contributed by atoms with Gasteiger partial charge in [0.2, 0.25) is 5.91 Å². The molecule has 5 rings (SSSR count). The highest BCUT2D eigenvalue weighted by atomic mass is 79.9. The molecule has 6 atom stereocenters. The van der Waals surface area contributed by atoms with E-state index in [9.17, 15) is 14.7 Å². The molecule has 0 aromatic heterocycles. The van der Waals surface area contributed by atoms with Crippen molar-refractivity contribution in [3.63, 3.8) is 0 Å². The Morgan fingerprint density at radius 3 is 2.50 bits per heavy atom. The average Bonchev–Trinajstić information content (AvgIpc) is 3.37. The highest BCUT2D eigenvalue weighted by Crippen LogP contribution is 2.63. The number of hydrogen-bond donors (Lipinski definition) is 2. The predicted octanol–water partition coefficient (Wildman–Crippen LogP) is 3.72. The fourth-order valence-electron chi connectivity index (χ4n) is 4.76. The average molecular weight is 390 g/mol. The molecule has 0 radical (unpaired) electrons. The molecule has 126 valence electrons. The standard InChI is InChI=1S/C19H20BrNO3/c1-2-9-7-10(20)3-6-15(9)21-18(22)16-11-4-5-12(14-8-13(11)14)17(16)19(23)24/h3-7,11-14,16-17H,2,8H2,1H3,(H,21,22)(H,23,24)/t11-,12-,13+,14-,16+,17-/m0/s1. The van der Waals surface area contributed by atoms with E-state index < -0.39 is 17.8 Å². The number of aliphatic carboxylic acids is 1. The van der Waals surface area contributed by atoms with Gasteiger partial charge < -0.3 is 10.4 Å². The van der Waals surface area contributed by atoms with Gasteiger partial charge in [-0.25, -0.2) is 0 Å². The lowest BCUT2D eigenvalue weighted by Crippen LogP contribution is -2.48. The van der Waals surface area contributed by atoms with E-state index in [2.05, 4.69) is 27.3 Å². The third-order valence-corrected chi connectivity index (χ3v) is 6.44. The van der Waals surface area contributed by atoms with Crippen LogP contribution >= 0.6 is 15.9 Å². The quantitative estimate of drug-likeness (QED) is 0.771. The van der Waals surface area contributed by atoms with E-state index in [4.69, 9.17) is 0 Å². The van der Waals surface area contributed by atoms with Gasteiger partial charge in [0, 0.05) is 10.2 Å².